The summed E-state index contributed by atoms with van der Waals surface area (Å²) in [5, 5.41) is 13.3. The van der Waals surface area contributed by atoms with Gasteiger partial charge in [0.05, 0.1) is 18.1 Å². The zero-order valence-corrected chi connectivity index (χ0v) is 15.8. The number of pyridine rings is 1. The molecule has 0 radical (unpaired) electrons. The maximum atomic E-state index is 12.6. The van der Waals surface area contributed by atoms with E-state index in [1.54, 1.807) is 25.1 Å². The lowest BCUT2D eigenvalue weighted by Gasteiger charge is -2.12. The fourth-order valence-electron chi connectivity index (χ4n) is 3.06. The maximum Gasteiger partial charge on any atom is 0.513 e. The summed E-state index contributed by atoms with van der Waals surface area (Å²) in [6, 6.07) is 8.81. The fraction of sp³-hybridized carbons (Fsp3) is 0.524. The summed E-state index contributed by atoms with van der Waals surface area (Å²) in [5.41, 5.74) is 1.13. The number of nitrogens with zero attached hydrogens (tertiary/aromatic N) is 1. The predicted octanol–water partition coefficient (Wildman–Crippen LogP) is 5.30. The number of aromatic nitrogens is 1. The molecule has 0 aliphatic heterocycles. The van der Waals surface area contributed by atoms with E-state index >= 15 is 0 Å². The van der Waals surface area contributed by atoms with Crippen LogP contribution in [0.1, 0.15) is 64.5 Å². The number of carbonyl (C=O) groups is 1. The second-order valence-corrected chi connectivity index (χ2v) is 6.47. The molecular weight excluding hydrogens is 330 g/mol. The van der Waals surface area contributed by atoms with Crippen molar-refractivity contribution < 1.29 is 19.0 Å². The normalized spacial score (nSPS) is 10.8. The number of fused-ring (bicyclic) bond motifs is 1. The number of unbranched alkanes of at least 4 members (excludes halogenated alkanes) is 6. The summed E-state index contributed by atoms with van der Waals surface area (Å²) in [5.74, 6) is 0.379. The van der Waals surface area contributed by atoms with Crippen LogP contribution in [-0.4, -0.2) is 12.8 Å². The lowest BCUT2D eigenvalue weighted by Crippen LogP contribution is -2.33. The van der Waals surface area contributed by atoms with Crippen LogP contribution in [0.4, 0.5) is 4.79 Å². The van der Waals surface area contributed by atoms with E-state index in [4.69, 9.17) is 9.47 Å². The van der Waals surface area contributed by atoms with Gasteiger partial charge in [-0.2, -0.15) is 4.73 Å². The van der Waals surface area contributed by atoms with Crippen LogP contribution in [0.2, 0.25) is 0 Å². The van der Waals surface area contributed by atoms with E-state index in [1.807, 2.05) is 12.1 Å². The summed E-state index contributed by atoms with van der Waals surface area (Å²) in [6.45, 7) is 4.18. The molecule has 5 nitrogen and oxygen atoms in total. The molecule has 142 valence electrons. The van der Waals surface area contributed by atoms with Gasteiger partial charge in [-0.1, -0.05) is 57.6 Å². The number of para-hydroxylation sites is 1. The Hall–Kier alpha value is -2.30. The number of ether oxygens (including phenoxy) is 2. The number of hydrogen-bond acceptors (Lipinski definition) is 4. The SMILES string of the molecule is CCCCCCCCCc1cc(OC(=O)OCC)c2ccccc2[n+]1[O-]. The molecular formula is C21H29NO4. The summed E-state index contributed by atoms with van der Waals surface area (Å²) < 4.78 is 11.1. The van der Waals surface area contributed by atoms with Crippen LogP contribution in [0, 0.1) is 5.21 Å². The van der Waals surface area contributed by atoms with Crippen molar-refractivity contribution in [2.45, 2.75) is 65.2 Å². The van der Waals surface area contributed by atoms with Crippen molar-refractivity contribution in [3.8, 4) is 5.75 Å². The van der Waals surface area contributed by atoms with E-state index in [9.17, 15) is 10.0 Å². The van der Waals surface area contributed by atoms with Gasteiger partial charge in [-0.15, -0.1) is 0 Å². The number of hydrogen-bond donors (Lipinski definition) is 0. The molecule has 2 rings (SSSR count). The molecule has 5 heteroatoms. The molecule has 0 unspecified atom stereocenters. The van der Waals surface area contributed by atoms with Gasteiger partial charge in [0.2, 0.25) is 5.52 Å². The molecule has 2 aromatic rings. The van der Waals surface area contributed by atoms with Gasteiger partial charge in [-0.3, -0.25) is 0 Å². The zero-order valence-electron chi connectivity index (χ0n) is 15.8. The Bertz CT molecular complexity index is 714. The van der Waals surface area contributed by atoms with E-state index in [2.05, 4.69) is 6.92 Å². The van der Waals surface area contributed by atoms with Gasteiger partial charge in [-0.05, 0) is 19.4 Å². The third-order valence-corrected chi connectivity index (χ3v) is 4.44. The molecule has 0 saturated heterocycles. The topological polar surface area (TPSA) is 62.5 Å². The van der Waals surface area contributed by atoms with Crippen molar-refractivity contribution in [1.82, 2.24) is 0 Å². The lowest BCUT2D eigenvalue weighted by molar-refractivity contribution is -0.586. The first kappa shape index (κ1) is 20.0. The van der Waals surface area contributed by atoms with Crippen molar-refractivity contribution in [3.63, 3.8) is 0 Å². The first-order valence-corrected chi connectivity index (χ1v) is 9.66. The highest BCUT2D eigenvalue weighted by molar-refractivity contribution is 5.84. The molecule has 0 aliphatic carbocycles. The van der Waals surface area contributed by atoms with Crippen LogP contribution in [-0.2, 0) is 11.2 Å². The summed E-state index contributed by atoms with van der Waals surface area (Å²) in [4.78, 5) is 11.7. The molecule has 0 atom stereocenters. The Kier molecular flexibility index (Phi) is 8.19. The van der Waals surface area contributed by atoms with Gasteiger partial charge in [-0.25, -0.2) is 4.79 Å². The van der Waals surface area contributed by atoms with Crippen molar-refractivity contribution in [2.75, 3.05) is 6.61 Å². The minimum atomic E-state index is -0.747. The van der Waals surface area contributed by atoms with E-state index < -0.39 is 6.16 Å². The van der Waals surface area contributed by atoms with Crippen molar-refractivity contribution in [2.24, 2.45) is 0 Å². The summed E-state index contributed by atoms with van der Waals surface area (Å²) in [7, 11) is 0. The Balaban J connectivity index is 2.08. The van der Waals surface area contributed by atoms with Gasteiger partial charge in [0, 0.05) is 12.5 Å². The molecule has 1 aromatic carbocycles. The van der Waals surface area contributed by atoms with Crippen LogP contribution >= 0.6 is 0 Å². The second-order valence-electron chi connectivity index (χ2n) is 6.47. The van der Waals surface area contributed by atoms with Gasteiger partial charge >= 0.3 is 6.16 Å². The van der Waals surface area contributed by atoms with Gasteiger partial charge in [0.1, 0.15) is 0 Å². The highest BCUT2D eigenvalue weighted by atomic mass is 16.7. The minimum absolute atomic E-state index is 0.246. The Labute approximate surface area is 155 Å². The monoisotopic (exact) mass is 359 g/mol. The van der Waals surface area contributed by atoms with E-state index in [0.29, 0.717) is 28.8 Å². The Morgan fingerprint density at radius 3 is 2.46 bits per heavy atom. The maximum absolute atomic E-state index is 12.6. The highest BCUT2D eigenvalue weighted by Crippen LogP contribution is 2.25. The number of benzene rings is 1. The second kappa shape index (κ2) is 10.6. The van der Waals surface area contributed by atoms with E-state index in [0.717, 1.165) is 17.6 Å². The van der Waals surface area contributed by atoms with E-state index in [-0.39, 0.29) is 6.61 Å². The molecule has 0 bridgehead atoms. The molecule has 0 aliphatic rings. The fourth-order valence-corrected chi connectivity index (χ4v) is 3.06. The first-order valence-electron chi connectivity index (χ1n) is 9.66. The smallest absolute Gasteiger partial charge is 0.513 e. The largest absolute Gasteiger partial charge is 0.618 e. The van der Waals surface area contributed by atoms with Crippen LogP contribution in [0.3, 0.4) is 0 Å². The van der Waals surface area contributed by atoms with Crippen LogP contribution in [0.25, 0.3) is 10.9 Å². The van der Waals surface area contributed by atoms with Gasteiger partial charge < -0.3 is 14.7 Å². The van der Waals surface area contributed by atoms with E-state index in [1.165, 1.54) is 32.1 Å². The zero-order chi connectivity index (χ0) is 18.8. The molecule has 26 heavy (non-hydrogen) atoms. The molecule has 0 spiro atoms. The third kappa shape index (κ3) is 5.61. The number of aryl methyl sites for hydroxylation is 1. The molecule has 0 fully saturated rings. The predicted molar refractivity (Wildman–Crippen MR) is 102 cm³/mol. The van der Waals surface area contributed by atoms with Crippen molar-refractivity contribution in [1.29, 1.82) is 0 Å². The minimum Gasteiger partial charge on any atom is -0.618 e. The van der Waals surface area contributed by atoms with Crippen LogP contribution < -0.4 is 9.47 Å². The Morgan fingerprint density at radius 2 is 1.73 bits per heavy atom. The molecule has 1 heterocycles. The van der Waals surface area contributed by atoms with Crippen molar-refractivity contribution in [3.05, 3.63) is 41.2 Å². The Morgan fingerprint density at radius 1 is 1.04 bits per heavy atom. The highest BCUT2D eigenvalue weighted by Gasteiger charge is 2.18. The molecule has 0 N–H and O–H groups in total. The third-order valence-electron chi connectivity index (χ3n) is 4.44. The van der Waals surface area contributed by atoms with Crippen molar-refractivity contribution >= 4 is 17.1 Å². The van der Waals surface area contributed by atoms with Gasteiger partial charge in [0.15, 0.2) is 11.4 Å². The molecule has 0 saturated carbocycles. The van der Waals surface area contributed by atoms with Gasteiger partial charge in [0.25, 0.3) is 0 Å². The molecule has 0 amide bonds. The molecule has 1 aromatic heterocycles. The average molecular weight is 359 g/mol. The summed E-state index contributed by atoms with van der Waals surface area (Å²) in [6.07, 6.45) is 8.24. The van der Waals surface area contributed by atoms with Crippen LogP contribution in [0.15, 0.2) is 30.3 Å². The first-order chi connectivity index (χ1) is 12.7. The summed E-state index contributed by atoms with van der Waals surface area (Å²) >= 11 is 0. The van der Waals surface area contributed by atoms with Crippen LogP contribution in [0.5, 0.6) is 5.75 Å². The number of carbonyl (C=O) groups excluding carboxylic acids is 1. The standard InChI is InChI=1S/C21H29NO4/c1-3-5-6-7-8-9-10-13-17-16-20(26-21(23)25-4-2)18-14-11-12-15-19(18)22(17)24/h11-12,14-16H,3-10,13H2,1-2H3. The number of rotatable bonds is 10. The average Bonchev–Trinajstić information content (AvgIpc) is 2.64. The lowest BCUT2D eigenvalue weighted by atomic mass is 10.1. The quantitative estimate of drug-likeness (QED) is 0.250.